The molecule has 12 aromatic rings. The molecule has 0 radical (unpaired) electrons. The lowest BCUT2D eigenvalue weighted by Crippen LogP contribution is -2.11. The highest BCUT2D eigenvalue weighted by atomic mass is 15.1. The Balaban J connectivity index is 0.945. The van der Waals surface area contributed by atoms with E-state index >= 15 is 0 Å². The van der Waals surface area contributed by atoms with E-state index in [1.54, 1.807) is 0 Å². The molecular weight excluding hydrogens is 833 g/mol. The zero-order valence-corrected chi connectivity index (χ0v) is 38.0. The highest BCUT2D eigenvalue weighted by Crippen LogP contribution is 2.50. The van der Waals surface area contributed by atoms with E-state index in [4.69, 9.17) is 0 Å². The predicted octanol–water partition coefficient (Wildman–Crippen LogP) is 18.1. The fraction of sp³-hybridized carbons (Fsp3) is 0.0149. The SMILES string of the molecule is c1ccc(-c2ccccc2-c2ccccc2-c2ccccc2N(c2ccc(-c3ccc4c(c3)-c3ccccc3C4c3ccccc3)cc2)c2ccc(-n3c4ccccc4c4ccccc43)cc2)cc1. The fourth-order valence-electron chi connectivity index (χ4n) is 11.0. The van der Waals surface area contributed by atoms with Crippen molar-refractivity contribution in [2.24, 2.45) is 0 Å². The van der Waals surface area contributed by atoms with E-state index in [2.05, 4.69) is 282 Å². The third-order valence-electron chi connectivity index (χ3n) is 14.1. The summed E-state index contributed by atoms with van der Waals surface area (Å²) in [6, 6.07) is 99.8. The Kier molecular flexibility index (Phi) is 9.95. The van der Waals surface area contributed by atoms with Gasteiger partial charge in [-0.2, -0.15) is 0 Å². The molecule has 0 fully saturated rings. The molecule has 0 amide bonds. The van der Waals surface area contributed by atoms with E-state index in [-0.39, 0.29) is 5.92 Å². The number of rotatable bonds is 9. The molecule has 1 atom stereocenters. The van der Waals surface area contributed by atoms with E-state index in [1.807, 2.05) is 0 Å². The first-order valence-corrected chi connectivity index (χ1v) is 23.9. The molecule has 1 unspecified atom stereocenters. The van der Waals surface area contributed by atoms with Gasteiger partial charge in [0.05, 0.1) is 16.7 Å². The van der Waals surface area contributed by atoms with Gasteiger partial charge in [-0.3, -0.25) is 0 Å². The van der Waals surface area contributed by atoms with Crippen LogP contribution in [-0.4, -0.2) is 4.57 Å². The van der Waals surface area contributed by atoms with Crippen molar-refractivity contribution < 1.29 is 0 Å². The first-order valence-electron chi connectivity index (χ1n) is 23.9. The number of benzene rings is 11. The molecule has 1 aliphatic carbocycles. The smallest absolute Gasteiger partial charge is 0.0541 e. The largest absolute Gasteiger partial charge is 0.310 e. The molecule has 2 nitrogen and oxygen atoms in total. The van der Waals surface area contributed by atoms with Gasteiger partial charge < -0.3 is 9.47 Å². The zero-order valence-electron chi connectivity index (χ0n) is 38.0. The van der Waals surface area contributed by atoms with Crippen molar-refractivity contribution in [1.29, 1.82) is 0 Å². The summed E-state index contributed by atoms with van der Waals surface area (Å²) in [5.74, 6) is 0.223. The molecule has 69 heavy (non-hydrogen) atoms. The maximum absolute atomic E-state index is 2.43. The van der Waals surface area contributed by atoms with E-state index in [0.717, 1.165) is 28.3 Å². The maximum Gasteiger partial charge on any atom is 0.0541 e. The average Bonchev–Trinajstić information content (AvgIpc) is 3.95. The van der Waals surface area contributed by atoms with Crippen LogP contribution in [0.5, 0.6) is 0 Å². The summed E-state index contributed by atoms with van der Waals surface area (Å²) >= 11 is 0. The van der Waals surface area contributed by atoms with Crippen LogP contribution in [0.25, 0.3) is 83.1 Å². The van der Waals surface area contributed by atoms with Crippen LogP contribution in [0.4, 0.5) is 17.1 Å². The zero-order chi connectivity index (χ0) is 45.7. The number of fused-ring (bicyclic) bond motifs is 6. The Morgan fingerprint density at radius 2 is 0.754 bits per heavy atom. The lowest BCUT2D eigenvalue weighted by atomic mass is 9.88. The highest BCUT2D eigenvalue weighted by molar-refractivity contribution is 6.09. The molecule has 1 aromatic heterocycles. The lowest BCUT2D eigenvalue weighted by Gasteiger charge is -2.29. The molecular formula is C67H46N2. The number of para-hydroxylation sites is 3. The minimum atomic E-state index is 0.223. The molecule has 0 bridgehead atoms. The minimum Gasteiger partial charge on any atom is -0.310 e. The summed E-state index contributed by atoms with van der Waals surface area (Å²) in [5, 5.41) is 2.51. The van der Waals surface area contributed by atoms with Gasteiger partial charge >= 0.3 is 0 Å². The van der Waals surface area contributed by atoms with Crippen molar-refractivity contribution in [2.75, 3.05) is 4.90 Å². The second-order valence-corrected chi connectivity index (χ2v) is 18.0. The summed E-state index contributed by atoms with van der Waals surface area (Å²) < 4.78 is 2.39. The maximum atomic E-state index is 2.43. The Labute approximate surface area is 403 Å². The molecule has 2 heteroatoms. The molecule has 324 valence electrons. The molecule has 1 aliphatic rings. The highest BCUT2D eigenvalue weighted by Gasteiger charge is 2.30. The van der Waals surface area contributed by atoms with Crippen LogP contribution < -0.4 is 4.90 Å². The van der Waals surface area contributed by atoms with Crippen molar-refractivity contribution >= 4 is 38.9 Å². The van der Waals surface area contributed by atoms with Gasteiger partial charge in [-0.1, -0.05) is 212 Å². The molecule has 0 aliphatic heterocycles. The molecule has 0 spiro atoms. The van der Waals surface area contributed by atoms with E-state index in [0.29, 0.717) is 0 Å². The Hall–Kier alpha value is -8.98. The first-order chi connectivity index (χ1) is 34.3. The molecule has 13 rings (SSSR count). The van der Waals surface area contributed by atoms with Crippen molar-refractivity contribution in [3.63, 3.8) is 0 Å². The summed E-state index contributed by atoms with van der Waals surface area (Å²) in [6.45, 7) is 0. The van der Waals surface area contributed by atoms with Crippen LogP contribution >= 0.6 is 0 Å². The third-order valence-corrected chi connectivity index (χ3v) is 14.1. The van der Waals surface area contributed by atoms with Gasteiger partial charge in [0.2, 0.25) is 0 Å². The monoisotopic (exact) mass is 878 g/mol. The standard InChI is InChI=1S/C67H46N2/c1-3-19-47(20-4-1)53-23-7-8-24-54(53)55-25-9-10-26-56(55)58-28-13-16-32-64(58)68(51-40-42-52(43-41-51)69-65-33-17-14-29-59(65)60-30-15-18-34-66(60)69)50-38-35-46(36-39-50)49-37-44-62-63(45-49)57-27-11-12-31-61(57)67(62)48-21-5-2-6-22-48/h1-45,67H. The van der Waals surface area contributed by atoms with Gasteiger partial charge in [-0.05, 0) is 127 Å². The van der Waals surface area contributed by atoms with Crippen LogP contribution in [0.1, 0.15) is 22.6 Å². The normalized spacial score (nSPS) is 12.8. The number of aromatic nitrogens is 1. The molecule has 0 saturated carbocycles. The molecule has 11 aromatic carbocycles. The minimum absolute atomic E-state index is 0.223. The molecule has 0 N–H and O–H groups in total. The predicted molar refractivity (Wildman–Crippen MR) is 290 cm³/mol. The van der Waals surface area contributed by atoms with Crippen molar-refractivity contribution in [3.8, 4) is 61.3 Å². The van der Waals surface area contributed by atoms with Crippen molar-refractivity contribution in [3.05, 3.63) is 290 Å². The van der Waals surface area contributed by atoms with E-state index in [9.17, 15) is 0 Å². The first kappa shape index (κ1) is 40.3. The van der Waals surface area contributed by atoms with Gasteiger partial charge in [-0.15, -0.1) is 0 Å². The van der Waals surface area contributed by atoms with E-state index < -0.39 is 0 Å². The van der Waals surface area contributed by atoms with Gasteiger partial charge in [-0.25, -0.2) is 0 Å². The van der Waals surface area contributed by atoms with Crippen LogP contribution in [0, 0.1) is 0 Å². The van der Waals surface area contributed by atoms with Gasteiger partial charge in [0.1, 0.15) is 0 Å². The Morgan fingerprint density at radius 1 is 0.290 bits per heavy atom. The topological polar surface area (TPSA) is 8.17 Å². The summed E-state index contributed by atoms with van der Waals surface area (Å²) in [6.07, 6.45) is 0. The summed E-state index contributed by atoms with van der Waals surface area (Å²) in [5.41, 5.74) is 23.0. The quantitative estimate of drug-likeness (QED) is 0.140. The van der Waals surface area contributed by atoms with Gasteiger partial charge in [0.25, 0.3) is 0 Å². The van der Waals surface area contributed by atoms with Crippen molar-refractivity contribution in [2.45, 2.75) is 5.92 Å². The number of nitrogens with zero attached hydrogens (tertiary/aromatic N) is 2. The van der Waals surface area contributed by atoms with Crippen molar-refractivity contribution in [1.82, 2.24) is 4.57 Å². The Morgan fingerprint density at radius 3 is 1.42 bits per heavy atom. The number of anilines is 3. The fourth-order valence-corrected chi connectivity index (χ4v) is 11.0. The number of hydrogen-bond acceptors (Lipinski definition) is 1. The molecule has 1 heterocycles. The van der Waals surface area contributed by atoms with Crippen LogP contribution in [0.3, 0.4) is 0 Å². The summed E-state index contributed by atoms with van der Waals surface area (Å²) in [7, 11) is 0. The van der Waals surface area contributed by atoms with Crippen LogP contribution in [-0.2, 0) is 0 Å². The third kappa shape index (κ3) is 6.96. The molecule has 0 saturated heterocycles. The number of hydrogen-bond donors (Lipinski definition) is 0. The lowest BCUT2D eigenvalue weighted by molar-refractivity contribution is 1.02. The second-order valence-electron chi connectivity index (χ2n) is 18.0. The Bertz CT molecular complexity index is 3770. The average molecular weight is 879 g/mol. The van der Waals surface area contributed by atoms with E-state index in [1.165, 1.54) is 88.6 Å². The van der Waals surface area contributed by atoms with Crippen LogP contribution in [0.2, 0.25) is 0 Å². The van der Waals surface area contributed by atoms with Gasteiger partial charge in [0, 0.05) is 39.3 Å². The second kappa shape index (κ2) is 17.0. The van der Waals surface area contributed by atoms with Gasteiger partial charge in [0.15, 0.2) is 0 Å². The summed E-state index contributed by atoms with van der Waals surface area (Å²) in [4.78, 5) is 2.43. The van der Waals surface area contributed by atoms with Crippen LogP contribution in [0.15, 0.2) is 273 Å².